The van der Waals surface area contributed by atoms with E-state index in [1.54, 1.807) is 25.3 Å². The molecule has 200 valence electrons. The minimum atomic E-state index is -0.557. The lowest BCUT2D eigenvalue weighted by molar-refractivity contribution is -0.127. The fourth-order valence-electron chi connectivity index (χ4n) is 5.90. The van der Waals surface area contributed by atoms with Gasteiger partial charge >= 0.3 is 0 Å². The number of piperidine rings is 1. The number of nitrogens with zero attached hydrogens (tertiary/aromatic N) is 1. The summed E-state index contributed by atoms with van der Waals surface area (Å²) in [7, 11) is 1.65. The van der Waals surface area contributed by atoms with Gasteiger partial charge in [-0.15, -0.1) is 0 Å². The molecule has 3 aliphatic rings. The SMILES string of the molecule is COC1CN(CCCOc2ccc(F)cc2)CCC1C(=O)Nc1cc(Cl)cc2c1OC1CCCCC21N. The fraction of sp³-hybridized carbons (Fsp3) is 0.536. The lowest BCUT2D eigenvalue weighted by Crippen LogP contribution is -2.49. The van der Waals surface area contributed by atoms with Crippen molar-refractivity contribution in [2.45, 2.75) is 56.3 Å². The van der Waals surface area contributed by atoms with Gasteiger partial charge in [0.15, 0.2) is 0 Å². The Morgan fingerprint density at radius 2 is 2.08 bits per heavy atom. The Balaban J connectivity index is 1.17. The molecule has 2 fully saturated rings. The Labute approximate surface area is 222 Å². The average molecular weight is 532 g/mol. The summed E-state index contributed by atoms with van der Waals surface area (Å²) in [5.41, 5.74) is 7.71. The molecule has 1 aliphatic carbocycles. The van der Waals surface area contributed by atoms with Crippen molar-refractivity contribution in [3.05, 3.63) is 52.8 Å². The van der Waals surface area contributed by atoms with Crippen molar-refractivity contribution in [2.24, 2.45) is 11.7 Å². The molecule has 37 heavy (non-hydrogen) atoms. The predicted molar refractivity (Wildman–Crippen MR) is 141 cm³/mol. The predicted octanol–water partition coefficient (Wildman–Crippen LogP) is 4.71. The lowest BCUT2D eigenvalue weighted by atomic mass is 9.76. The third-order valence-electron chi connectivity index (χ3n) is 7.94. The maximum Gasteiger partial charge on any atom is 0.230 e. The highest BCUT2D eigenvalue weighted by Crippen LogP contribution is 2.51. The molecule has 0 bridgehead atoms. The number of rotatable bonds is 8. The zero-order chi connectivity index (χ0) is 26.0. The molecule has 1 amide bonds. The smallest absolute Gasteiger partial charge is 0.230 e. The zero-order valence-electron chi connectivity index (χ0n) is 21.2. The normalized spacial score (nSPS) is 27.2. The number of carbonyl (C=O) groups excluding carboxylic acids is 1. The van der Waals surface area contributed by atoms with Gasteiger partial charge in [0.25, 0.3) is 0 Å². The van der Waals surface area contributed by atoms with Crippen molar-refractivity contribution in [1.82, 2.24) is 4.90 Å². The van der Waals surface area contributed by atoms with Crippen LogP contribution in [0.1, 0.15) is 44.1 Å². The van der Waals surface area contributed by atoms with Crippen LogP contribution in [0.4, 0.5) is 10.1 Å². The van der Waals surface area contributed by atoms with Crippen molar-refractivity contribution in [1.29, 1.82) is 0 Å². The first kappa shape index (κ1) is 26.2. The summed E-state index contributed by atoms with van der Waals surface area (Å²) in [6.07, 6.45) is 5.05. The number of hydrogen-bond acceptors (Lipinski definition) is 6. The second kappa shape index (κ2) is 11.2. The number of fused-ring (bicyclic) bond motifs is 3. The Bertz CT molecular complexity index is 1120. The van der Waals surface area contributed by atoms with E-state index < -0.39 is 5.54 Å². The molecular formula is C28H35ClFN3O4. The first-order valence-corrected chi connectivity index (χ1v) is 13.5. The Kier molecular flexibility index (Phi) is 7.91. The van der Waals surface area contributed by atoms with E-state index in [9.17, 15) is 9.18 Å². The zero-order valence-corrected chi connectivity index (χ0v) is 21.9. The Morgan fingerprint density at radius 1 is 1.27 bits per heavy atom. The van der Waals surface area contributed by atoms with E-state index in [0.717, 1.165) is 50.8 Å². The molecular weight excluding hydrogens is 497 g/mol. The first-order chi connectivity index (χ1) is 17.9. The summed E-state index contributed by atoms with van der Waals surface area (Å²) in [5.74, 6) is 0.642. The van der Waals surface area contributed by atoms with Crippen LogP contribution in [0.5, 0.6) is 11.5 Å². The number of anilines is 1. The second-order valence-electron chi connectivity index (χ2n) is 10.3. The molecule has 2 aromatic rings. The van der Waals surface area contributed by atoms with Crippen molar-refractivity contribution >= 4 is 23.2 Å². The van der Waals surface area contributed by atoms with E-state index in [-0.39, 0.29) is 29.9 Å². The maximum absolute atomic E-state index is 13.4. The average Bonchev–Trinajstić information content (AvgIpc) is 3.19. The summed E-state index contributed by atoms with van der Waals surface area (Å²) >= 11 is 6.45. The lowest BCUT2D eigenvalue weighted by Gasteiger charge is -2.37. The molecule has 2 aliphatic heterocycles. The number of amides is 1. The monoisotopic (exact) mass is 531 g/mol. The highest BCUT2D eigenvalue weighted by Gasteiger charge is 2.48. The molecule has 3 N–H and O–H groups in total. The molecule has 0 radical (unpaired) electrons. The second-order valence-corrected chi connectivity index (χ2v) is 10.8. The molecule has 7 nitrogen and oxygen atoms in total. The van der Waals surface area contributed by atoms with E-state index >= 15 is 0 Å². The molecule has 2 aromatic carbocycles. The standard InChI is InChI=1S/C28H35ClFN3O4/c1-35-24-17-33(12-4-14-36-20-8-6-19(30)7-9-20)13-10-21(24)27(34)32-23-16-18(29)15-22-26(23)37-25-5-2-3-11-28(22,25)31/h6-9,15-16,21,24-25H,2-5,10-14,17,31H2,1H3,(H,32,34). The number of benzene rings is 2. The van der Waals surface area contributed by atoms with Crippen LogP contribution in [0.15, 0.2) is 36.4 Å². The molecule has 5 rings (SSSR count). The van der Waals surface area contributed by atoms with Crippen LogP contribution in [0, 0.1) is 11.7 Å². The minimum Gasteiger partial charge on any atom is -0.494 e. The van der Waals surface area contributed by atoms with Gasteiger partial charge in [-0.1, -0.05) is 18.0 Å². The topological polar surface area (TPSA) is 86.0 Å². The van der Waals surface area contributed by atoms with E-state index in [2.05, 4.69) is 10.2 Å². The van der Waals surface area contributed by atoms with Gasteiger partial charge in [-0.2, -0.15) is 0 Å². The van der Waals surface area contributed by atoms with Crippen LogP contribution in [0.3, 0.4) is 0 Å². The van der Waals surface area contributed by atoms with Gasteiger partial charge in [-0.3, -0.25) is 4.79 Å². The van der Waals surface area contributed by atoms with Crippen LogP contribution in [-0.4, -0.2) is 56.4 Å². The van der Waals surface area contributed by atoms with Crippen molar-refractivity contribution in [3.8, 4) is 11.5 Å². The van der Waals surface area contributed by atoms with Crippen molar-refractivity contribution in [3.63, 3.8) is 0 Å². The van der Waals surface area contributed by atoms with Gasteiger partial charge in [0.2, 0.25) is 5.91 Å². The van der Waals surface area contributed by atoms with E-state index in [0.29, 0.717) is 41.8 Å². The molecule has 4 atom stereocenters. The molecule has 0 spiro atoms. The van der Waals surface area contributed by atoms with E-state index in [1.165, 1.54) is 12.1 Å². The molecule has 1 saturated heterocycles. The highest BCUT2D eigenvalue weighted by molar-refractivity contribution is 6.31. The first-order valence-electron chi connectivity index (χ1n) is 13.1. The third-order valence-corrected chi connectivity index (χ3v) is 8.16. The summed E-state index contributed by atoms with van der Waals surface area (Å²) in [4.78, 5) is 15.7. The number of hydrogen-bond donors (Lipinski definition) is 2. The summed E-state index contributed by atoms with van der Waals surface area (Å²) in [6, 6.07) is 9.66. The van der Waals surface area contributed by atoms with Crippen LogP contribution in [0.2, 0.25) is 5.02 Å². The highest BCUT2D eigenvalue weighted by atomic mass is 35.5. The van der Waals surface area contributed by atoms with Gasteiger partial charge in [-0.05, 0) is 75.0 Å². The van der Waals surface area contributed by atoms with E-state index in [1.807, 2.05) is 6.07 Å². The minimum absolute atomic E-state index is 0.0904. The summed E-state index contributed by atoms with van der Waals surface area (Å²) in [5, 5.41) is 3.62. The van der Waals surface area contributed by atoms with Gasteiger partial charge in [-0.25, -0.2) is 4.39 Å². The van der Waals surface area contributed by atoms with E-state index in [4.69, 9.17) is 31.5 Å². The largest absolute Gasteiger partial charge is 0.494 e. The third kappa shape index (κ3) is 5.58. The van der Waals surface area contributed by atoms with Crippen LogP contribution >= 0.6 is 11.6 Å². The van der Waals surface area contributed by atoms with Crippen LogP contribution in [-0.2, 0) is 15.1 Å². The van der Waals surface area contributed by atoms with Gasteiger partial charge in [0.1, 0.15) is 23.4 Å². The number of halogens is 2. The van der Waals surface area contributed by atoms with Gasteiger partial charge in [0.05, 0.1) is 29.9 Å². The number of ether oxygens (including phenoxy) is 3. The van der Waals surface area contributed by atoms with Crippen molar-refractivity contribution in [2.75, 3.05) is 38.7 Å². The number of nitrogens with two attached hydrogens (primary N) is 1. The van der Waals surface area contributed by atoms with Gasteiger partial charge < -0.3 is 30.2 Å². The van der Waals surface area contributed by atoms with Crippen LogP contribution in [0.25, 0.3) is 0 Å². The Morgan fingerprint density at radius 3 is 2.86 bits per heavy atom. The number of nitrogens with one attached hydrogen (secondary N) is 1. The fourth-order valence-corrected chi connectivity index (χ4v) is 6.11. The van der Waals surface area contributed by atoms with Gasteiger partial charge in [0, 0.05) is 30.8 Å². The number of carbonyl (C=O) groups is 1. The Hall–Kier alpha value is -2.39. The number of likely N-dealkylation sites (tertiary alicyclic amines) is 1. The quantitative estimate of drug-likeness (QED) is 0.480. The van der Waals surface area contributed by atoms with Crippen LogP contribution < -0.4 is 20.5 Å². The molecule has 4 unspecified atom stereocenters. The number of methoxy groups -OCH3 is 1. The maximum atomic E-state index is 13.4. The van der Waals surface area contributed by atoms with Crippen molar-refractivity contribution < 1.29 is 23.4 Å². The molecule has 2 heterocycles. The molecule has 9 heteroatoms. The summed E-state index contributed by atoms with van der Waals surface area (Å²) < 4.78 is 30.8. The molecule has 0 aromatic heterocycles. The summed E-state index contributed by atoms with van der Waals surface area (Å²) in [6.45, 7) is 2.80. The molecule has 1 saturated carbocycles.